The maximum absolute atomic E-state index is 3.63. The summed E-state index contributed by atoms with van der Waals surface area (Å²) in [4.78, 5) is 2.29. The molecule has 16 heavy (non-hydrogen) atoms. The lowest BCUT2D eigenvalue weighted by Crippen LogP contribution is -2.21. The van der Waals surface area contributed by atoms with Crippen LogP contribution in [0, 0.1) is 0 Å². The Morgan fingerprint density at radius 2 is 2.00 bits per heavy atom. The molecule has 0 saturated heterocycles. The summed E-state index contributed by atoms with van der Waals surface area (Å²) >= 11 is 3.63. The molecule has 1 aromatic rings. The maximum atomic E-state index is 3.63. The minimum Gasteiger partial charge on any atom is -0.320 e. The molecule has 0 aromatic heterocycles. The first-order valence-corrected chi connectivity index (χ1v) is 6.51. The molecule has 2 nitrogen and oxygen atoms in total. The zero-order chi connectivity index (χ0) is 12.0. The standard InChI is InChI=1S/C13H21BrN2/c1-15-10-6-9-13(16(2)3)11-7-4-5-8-12(11)14/h4-5,7-8,13,15H,6,9-10H2,1-3H3. The number of hydrogen-bond donors (Lipinski definition) is 1. The number of rotatable bonds is 6. The second-order valence-electron chi connectivity index (χ2n) is 4.25. The Balaban J connectivity index is 2.74. The third-order valence-electron chi connectivity index (χ3n) is 2.79. The Kier molecular flexibility index (Phi) is 6.03. The molecule has 0 aliphatic carbocycles. The van der Waals surface area contributed by atoms with Gasteiger partial charge in [-0.25, -0.2) is 0 Å². The summed E-state index contributed by atoms with van der Waals surface area (Å²) < 4.78 is 1.21. The second kappa shape index (κ2) is 7.05. The molecule has 0 heterocycles. The fourth-order valence-corrected chi connectivity index (χ4v) is 2.46. The van der Waals surface area contributed by atoms with Crippen molar-refractivity contribution in [2.24, 2.45) is 0 Å². The highest BCUT2D eigenvalue weighted by atomic mass is 79.9. The van der Waals surface area contributed by atoms with E-state index < -0.39 is 0 Å². The molecule has 0 radical (unpaired) electrons. The number of benzene rings is 1. The van der Waals surface area contributed by atoms with Crippen molar-refractivity contribution in [1.29, 1.82) is 0 Å². The molecule has 3 heteroatoms. The van der Waals surface area contributed by atoms with E-state index >= 15 is 0 Å². The van der Waals surface area contributed by atoms with Crippen molar-refractivity contribution < 1.29 is 0 Å². The molecule has 0 fully saturated rings. The van der Waals surface area contributed by atoms with Gasteiger partial charge < -0.3 is 10.2 Å². The van der Waals surface area contributed by atoms with Gasteiger partial charge in [-0.15, -0.1) is 0 Å². The summed E-state index contributed by atoms with van der Waals surface area (Å²) in [6.45, 7) is 1.08. The van der Waals surface area contributed by atoms with Gasteiger partial charge >= 0.3 is 0 Å². The SMILES string of the molecule is CNCCCC(c1ccccc1Br)N(C)C. The zero-order valence-corrected chi connectivity index (χ0v) is 11.9. The molecular weight excluding hydrogens is 264 g/mol. The van der Waals surface area contributed by atoms with Crippen LogP contribution in [0.25, 0.3) is 0 Å². The highest BCUT2D eigenvalue weighted by Gasteiger charge is 2.15. The first-order valence-electron chi connectivity index (χ1n) is 5.72. The Hall–Kier alpha value is -0.380. The van der Waals surface area contributed by atoms with Gasteiger partial charge in [-0.2, -0.15) is 0 Å². The Morgan fingerprint density at radius 1 is 1.31 bits per heavy atom. The molecule has 0 bridgehead atoms. The molecule has 1 unspecified atom stereocenters. The Morgan fingerprint density at radius 3 is 2.56 bits per heavy atom. The van der Waals surface area contributed by atoms with Gasteiger partial charge in [0.1, 0.15) is 0 Å². The van der Waals surface area contributed by atoms with Crippen LogP contribution in [-0.2, 0) is 0 Å². The van der Waals surface area contributed by atoms with Gasteiger partial charge in [0.2, 0.25) is 0 Å². The van der Waals surface area contributed by atoms with Crippen LogP contribution in [0.1, 0.15) is 24.4 Å². The van der Waals surface area contributed by atoms with Gasteiger partial charge in [0.15, 0.2) is 0 Å². The van der Waals surface area contributed by atoms with Crippen LogP contribution < -0.4 is 5.32 Å². The smallest absolute Gasteiger partial charge is 0.0353 e. The van der Waals surface area contributed by atoms with E-state index in [4.69, 9.17) is 0 Å². The molecule has 0 aliphatic heterocycles. The molecular formula is C13H21BrN2. The average Bonchev–Trinajstić information content (AvgIpc) is 2.25. The van der Waals surface area contributed by atoms with E-state index in [1.807, 2.05) is 7.05 Å². The van der Waals surface area contributed by atoms with Crippen LogP contribution >= 0.6 is 15.9 Å². The van der Waals surface area contributed by atoms with Crippen molar-refractivity contribution in [1.82, 2.24) is 10.2 Å². The normalized spacial score (nSPS) is 13.1. The van der Waals surface area contributed by atoms with Crippen LogP contribution in [0.3, 0.4) is 0 Å². The number of hydrogen-bond acceptors (Lipinski definition) is 2. The first kappa shape index (κ1) is 13.7. The Labute approximate surface area is 107 Å². The second-order valence-corrected chi connectivity index (χ2v) is 5.10. The summed E-state index contributed by atoms with van der Waals surface area (Å²) in [7, 11) is 6.29. The topological polar surface area (TPSA) is 15.3 Å². The van der Waals surface area contributed by atoms with Gasteiger partial charge in [-0.05, 0) is 52.2 Å². The van der Waals surface area contributed by atoms with E-state index in [0.717, 1.165) is 6.54 Å². The quantitative estimate of drug-likeness (QED) is 0.808. The predicted molar refractivity (Wildman–Crippen MR) is 73.7 cm³/mol. The van der Waals surface area contributed by atoms with Gasteiger partial charge in [-0.1, -0.05) is 34.1 Å². The third kappa shape index (κ3) is 3.89. The van der Waals surface area contributed by atoms with Gasteiger partial charge in [0.25, 0.3) is 0 Å². The van der Waals surface area contributed by atoms with Crippen molar-refractivity contribution in [3.8, 4) is 0 Å². The predicted octanol–water partition coefficient (Wildman–Crippen LogP) is 3.05. The molecule has 1 N–H and O–H groups in total. The van der Waals surface area contributed by atoms with Gasteiger partial charge in [0.05, 0.1) is 0 Å². The van der Waals surface area contributed by atoms with Crippen LogP contribution in [0.4, 0.5) is 0 Å². The van der Waals surface area contributed by atoms with Gasteiger partial charge in [-0.3, -0.25) is 0 Å². The lowest BCUT2D eigenvalue weighted by molar-refractivity contribution is 0.278. The van der Waals surface area contributed by atoms with Crippen LogP contribution in [0.15, 0.2) is 28.7 Å². The monoisotopic (exact) mass is 284 g/mol. The van der Waals surface area contributed by atoms with E-state index in [-0.39, 0.29) is 0 Å². The molecule has 1 rings (SSSR count). The minimum atomic E-state index is 0.490. The first-order chi connectivity index (χ1) is 7.66. The summed E-state index contributed by atoms with van der Waals surface area (Å²) in [5.74, 6) is 0. The highest BCUT2D eigenvalue weighted by Crippen LogP contribution is 2.29. The van der Waals surface area contributed by atoms with E-state index in [1.54, 1.807) is 0 Å². The van der Waals surface area contributed by atoms with Crippen LogP contribution in [-0.4, -0.2) is 32.6 Å². The number of nitrogens with one attached hydrogen (secondary N) is 1. The maximum Gasteiger partial charge on any atom is 0.0353 e. The summed E-state index contributed by atoms with van der Waals surface area (Å²) in [6.07, 6.45) is 2.37. The molecule has 0 saturated carbocycles. The van der Waals surface area contributed by atoms with Crippen LogP contribution in [0.2, 0.25) is 0 Å². The van der Waals surface area contributed by atoms with Crippen molar-refractivity contribution in [3.05, 3.63) is 34.3 Å². The van der Waals surface area contributed by atoms with Crippen molar-refractivity contribution in [2.45, 2.75) is 18.9 Å². The summed E-state index contributed by atoms with van der Waals surface area (Å²) in [5, 5.41) is 3.20. The van der Waals surface area contributed by atoms with E-state index in [2.05, 4.69) is 64.5 Å². The molecule has 0 aliphatic rings. The lowest BCUT2D eigenvalue weighted by atomic mass is 10.0. The summed E-state index contributed by atoms with van der Waals surface area (Å²) in [6, 6.07) is 8.98. The number of nitrogens with zero attached hydrogens (tertiary/aromatic N) is 1. The zero-order valence-electron chi connectivity index (χ0n) is 10.3. The van der Waals surface area contributed by atoms with Crippen molar-refractivity contribution in [2.75, 3.05) is 27.7 Å². The highest BCUT2D eigenvalue weighted by molar-refractivity contribution is 9.10. The van der Waals surface area contributed by atoms with E-state index in [1.165, 1.54) is 22.9 Å². The average molecular weight is 285 g/mol. The lowest BCUT2D eigenvalue weighted by Gasteiger charge is -2.25. The van der Waals surface area contributed by atoms with Crippen LogP contribution in [0.5, 0.6) is 0 Å². The summed E-state index contributed by atoms with van der Waals surface area (Å²) in [5.41, 5.74) is 1.38. The fraction of sp³-hybridized carbons (Fsp3) is 0.538. The molecule has 1 aromatic carbocycles. The minimum absolute atomic E-state index is 0.490. The number of halogens is 1. The molecule has 0 amide bonds. The van der Waals surface area contributed by atoms with Crippen molar-refractivity contribution in [3.63, 3.8) is 0 Å². The molecule has 90 valence electrons. The fourth-order valence-electron chi connectivity index (χ4n) is 1.91. The largest absolute Gasteiger partial charge is 0.320 e. The molecule has 0 spiro atoms. The molecule has 1 atom stereocenters. The van der Waals surface area contributed by atoms with E-state index in [9.17, 15) is 0 Å². The van der Waals surface area contributed by atoms with Crippen molar-refractivity contribution >= 4 is 15.9 Å². The Bertz CT molecular complexity index is 313. The van der Waals surface area contributed by atoms with Gasteiger partial charge in [0, 0.05) is 10.5 Å². The third-order valence-corrected chi connectivity index (χ3v) is 3.51. The van der Waals surface area contributed by atoms with E-state index in [0.29, 0.717) is 6.04 Å².